The van der Waals surface area contributed by atoms with Crippen LogP contribution in [0.1, 0.15) is 18.4 Å². The summed E-state index contributed by atoms with van der Waals surface area (Å²) in [5, 5.41) is 7.72. The van der Waals surface area contributed by atoms with E-state index in [-0.39, 0.29) is 0 Å². The molecule has 1 aliphatic rings. The van der Waals surface area contributed by atoms with Crippen LogP contribution in [0.2, 0.25) is 0 Å². The maximum atomic E-state index is 4.46. The molecular weight excluding hydrogens is 298 g/mol. The summed E-state index contributed by atoms with van der Waals surface area (Å²) in [4.78, 5) is 6.85. The zero-order chi connectivity index (χ0) is 16.6. The summed E-state index contributed by atoms with van der Waals surface area (Å²) in [7, 11) is 1.88. The number of aliphatic imine (C=N–C) groups is 1. The minimum absolute atomic E-state index is 0.718. The second-order valence-electron chi connectivity index (χ2n) is 6.39. The van der Waals surface area contributed by atoms with Gasteiger partial charge in [-0.2, -0.15) is 5.10 Å². The fourth-order valence-corrected chi connectivity index (χ4v) is 3.35. The predicted octanol–water partition coefficient (Wildman–Crippen LogP) is 2.41. The van der Waals surface area contributed by atoms with Crippen molar-refractivity contribution in [3.05, 3.63) is 54.4 Å². The van der Waals surface area contributed by atoms with E-state index in [0.29, 0.717) is 0 Å². The Bertz CT molecular complexity index is 620. The second kappa shape index (κ2) is 8.52. The third-order valence-electron chi connectivity index (χ3n) is 4.57. The van der Waals surface area contributed by atoms with Gasteiger partial charge in [-0.3, -0.25) is 9.67 Å². The molecule has 0 saturated carbocycles. The molecule has 5 heteroatoms. The normalized spacial score (nSPS) is 18.1. The average Bonchev–Trinajstić information content (AvgIpc) is 3.28. The van der Waals surface area contributed by atoms with Gasteiger partial charge in [-0.1, -0.05) is 30.3 Å². The molecule has 1 aliphatic heterocycles. The van der Waals surface area contributed by atoms with Gasteiger partial charge in [0.25, 0.3) is 0 Å². The molecule has 0 amide bonds. The molecule has 2 heterocycles. The number of aryl methyl sites for hydroxylation is 1. The van der Waals surface area contributed by atoms with Gasteiger partial charge in [0.15, 0.2) is 5.96 Å². The molecule has 3 rings (SSSR count). The molecule has 1 saturated heterocycles. The first-order valence-corrected chi connectivity index (χ1v) is 8.82. The molecule has 0 radical (unpaired) electrons. The van der Waals surface area contributed by atoms with Gasteiger partial charge in [-0.25, -0.2) is 0 Å². The lowest BCUT2D eigenvalue weighted by atomic mass is 9.99. The van der Waals surface area contributed by atoms with Gasteiger partial charge in [0, 0.05) is 45.6 Å². The fourth-order valence-electron chi connectivity index (χ4n) is 3.35. The number of hydrogen-bond acceptors (Lipinski definition) is 2. The Labute approximate surface area is 144 Å². The largest absolute Gasteiger partial charge is 0.356 e. The van der Waals surface area contributed by atoms with Gasteiger partial charge in [0.2, 0.25) is 0 Å². The molecule has 1 aromatic heterocycles. The van der Waals surface area contributed by atoms with Crippen molar-refractivity contribution in [2.24, 2.45) is 10.9 Å². The van der Waals surface area contributed by atoms with Gasteiger partial charge in [-0.15, -0.1) is 0 Å². The van der Waals surface area contributed by atoms with Crippen LogP contribution in [0, 0.1) is 5.92 Å². The van der Waals surface area contributed by atoms with Crippen LogP contribution < -0.4 is 5.32 Å². The van der Waals surface area contributed by atoms with Gasteiger partial charge in [-0.05, 0) is 36.8 Å². The number of aromatic nitrogens is 2. The highest BCUT2D eigenvalue weighted by Gasteiger charge is 2.24. The van der Waals surface area contributed by atoms with Crippen LogP contribution in [0.25, 0.3) is 0 Å². The number of likely N-dealkylation sites (tertiary alicyclic amines) is 1. The van der Waals surface area contributed by atoms with Crippen molar-refractivity contribution < 1.29 is 0 Å². The first-order valence-electron chi connectivity index (χ1n) is 8.82. The van der Waals surface area contributed by atoms with Crippen LogP contribution in [0.5, 0.6) is 0 Å². The first-order chi connectivity index (χ1) is 11.8. The molecule has 128 valence electrons. The maximum Gasteiger partial charge on any atom is 0.193 e. The summed E-state index contributed by atoms with van der Waals surface area (Å²) in [6.45, 7) is 4.05. The highest BCUT2D eigenvalue weighted by molar-refractivity contribution is 5.80. The summed E-state index contributed by atoms with van der Waals surface area (Å²) >= 11 is 0. The quantitative estimate of drug-likeness (QED) is 0.504. The van der Waals surface area contributed by atoms with Crippen molar-refractivity contribution in [2.45, 2.75) is 25.8 Å². The number of hydrogen-bond donors (Lipinski definition) is 1. The Morgan fingerprint density at radius 3 is 2.92 bits per heavy atom. The van der Waals surface area contributed by atoms with E-state index in [1.807, 2.05) is 30.2 Å². The molecule has 1 aromatic carbocycles. The van der Waals surface area contributed by atoms with Gasteiger partial charge >= 0.3 is 0 Å². The number of nitrogens with zero attached hydrogens (tertiary/aromatic N) is 4. The number of benzene rings is 1. The van der Waals surface area contributed by atoms with Crippen molar-refractivity contribution >= 4 is 5.96 Å². The molecule has 24 heavy (non-hydrogen) atoms. The molecule has 0 bridgehead atoms. The van der Waals surface area contributed by atoms with Crippen molar-refractivity contribution in [1.29, 1.82) is 0 Å². The Balaban J connectivity index is 1.41. The first kappa shape index (κ1) is 16.6. The third-order valence-corrected chi connectivity index (χ3v) is 4.57. The number of nitrogens with one attached hydrogen (secondary N) is 1. The van der Waals surface area contributed by atoms with Crippen molar-refractivity contribution in [2.75, 3.05) is 26.7 Å². The van der Waals surface area contributed by atoms with Gasteiger partial charge < -0.3 is 10.2 Å². The van der Waals surface area contributed by atoms with Crippen LogP contribution in [0.15, 0.2) is 53.8 Å². The van der Waals surface area contributed by atoms with Gasteiger partial charge in [0.05, 0.1) is 0 Å². The predicted molar refractivity (Wildman–Crippen MR) is 98.0 cm³/mol. The minimum Gasteiger partial charge on any atom is -0.356 e. The van der Waals surface area contributed by atoms with Crippen LogP contribution >= 0.6 is 0 Å². The van der Waals surface area contributed by atoms with Crippen molar-refractivity contribution in [1.82, 2.24) is 20.0 Å². The van der Waals surface area contributed by atoms with E-state index in [0.717, 1.165) is 50.9 Å². The molecule has 1 fully saturated rings. The zero-order valence-electron chi connectivity index (χ0n) is 14.4. The summed E-state index contributed by atoms with van der Waals surface area (Å²) < 4.78 is 1.97. The third kappa shape index (κ3) is 4.60. The summed E-state index contributed by atoms with van der Waals surface area (Å²) in [5.74, 6) is 1.75. The zero-order valence-corrected chi connectivity index (χ0v) is 14.4. The van der Waals surface area contributed by atoms with E-state index in [9.17, 15) is 0 Å². The fraction of sp³-hybridized carbons (Fsp3) is 0.474. The Morgan fingerprint density at radius 1 is 1.29 bits per heavy atom. The van der Waals surface area contributed by atoms with Crippen LogP contribution in [-0.4, -0.2) is 47.3 Å². The Hall–Kier alpha value is -2.30. The Kier molecular flexibility index (Phi) is 5.88. The number of guanidine groups is 1. The SMILES string of the molecule is CN=C(NCCCn1cccn1)N1CCC(Cc2ccccc2)C1. The van der Waals surface area contributed by atoms with E-state index < -0.39 is 0 Å². The topological polar surface area (TPSA) is 45.5 Å². The van der Waals surface area contributed by atoms with E-state index in [1.54, 1.807) is 0 Å². The molecule has 1 N–H and O–H groups in total. The van der Waals surface area contributed by atoms with E-state index >= 15 is 0 Å². The lowest BCUT2D eigenvalue weighted by Crippen LogP contribution is -2.40. The minimum atomic E-state index is 0.718. The summed E-state index contributed by atoms with van der Waals surface area (Å²) in [5.41, 5.74) is 1.44. The van der Waals surface area contributed by atoms with Crippen LogP contribution in [0.4, 0.5) is 0 Å². The molecule has 0 spiro atoms. The average molecular weight is 325 g/mol. The van der Waals surface area contributed by atoms with Crippen molar-refractivity contribution in [3.8, 4) is 0 Å². The van der Waals surface area contributed by atoms with Crippen LogP contribution in [-0.2, 0) is 13.0 Å². The maximum absolute atomic E-state index is 4.46. The summed E-state index contributed by atoms with van der Waals surface area (Å²) in [6.07, 6.45) is 7.27. The second-order valence-corrected chi connectivity index (χ2v) is 6.39. The molecule has 0 aliphatic carbocycles. The highest BCUT2D eigenvalue weighted by atomic mass is 15.3. The van der Waals surface area contributed by atoms with Crippen LogP contribution in [0.3, 0.4) is 0 Å². The summed E-state index contributed by atoms with van der Waals surface area (Å²) in [6, 6.07) is 12.8. The Morgan fingerprint density at radius 2 is 2.17 bits per heavy atom. The molecule has 1 unspecified atom stereocenters. The monoisotopic (exact) mass is 325 g/mol. The standard InChI is InChI=1S/C19H27N5/c1-20-19(21-10-5-12-24-13-6-11-22-24)23-14-9-18(16-23)15-17-7-3-2-4-8-17/h2-4,6-8,11,13,18H,5,9-10,12,14-16H2,1H3,(H,20,21). The van der Waals surface area contributed by atoms with Crippen molar-refractivity contribution in [3.63, 3.8) is 0 Å². The van der Waals surface area contributed by atoms with E-state index in [4.69, 9.17) is 0 Å². The highest BCUT2D eigenvalue weighted by Crippen LogP contribution is 2.20. The van der Waals surface area contributed by atoms with Gasteiger partial charge in [0.1, 0.15) is 0 Å². The smallest absolute Gasteiger partial charge is 0.193 e. The molecule has 1 atom stereocenters. The lowest BCUT2D eigenvalue weighted by molar-refractivity contribution is 0.456. The van der Waals surface area contributed by atoms with E-state index in [1.165, 1.54) is 12.0 Å². The molecule has 5 nitrogen and oxygen atoms in total. The van der Waals surface area contributed by atoms with E-state index in [2.05, 4.69) is 50.6 Å². The number of rotatable bonds is 6. The molecule has 2 aromatic rings. The lowest BCUT2D eigenvalue weighted by Gasteiger charge is -2.21. The molecular formula is C19H27N5.